The fourth-order valence-electron chi connectivity index (χ4n) is 8.15. The van der Waals surface area contributed by atoms with Gasteiger partial charge in [-0.3, -0.25) is 0 Å². The Hall–Kier alpha value is -6.59. The molecule has 0 atom stereocenters. The maximum absolute atomic E-state index is 5.08. The molecule has 0 N–H and O–H groups in total. The largest absolute Gasteiger partial charge is 0.310 e. The molecule has 9 aromatic carbocycles. The Morgan fingerprint density at radius 3 is 1.69 bits per heavy atom. The quantitative estimate of drug-likeness (QED) is 0.158. The van der Waals surface area contributed by atoms with Gasteiger partial charge in [0.2, 0.25) is 0 Å². The van der Waals surface area contributed by atoms with Crippen molar-refractivity contribution in [2.75, 3.05) is 4.90 Å². The smallest absolute Gasteiger partial charge is 0.124 e. The summed E-state index contributed by atoms with van der Waals surface area (Å²) in [6.07, 6.45) is 0. The van der Waals surface area contributed by atoms with Crippen LogP contribution in [0.1, 0.15) is 0 Å². The van der Waals surface area contributed by atoms with Crippen LogP contribution in [0.5, 0.6) is 0 Å². The molecule has 0 fully saturated rings. The van der Waals surface area contributed by atoms with Gasteiger partial charge in [-0.05, 0) is 69.4 Å². The molecule has 11 aromatic rings. The van der Waals surface area contributed by atoms with Crippen LogP contribution in [0.2, 0.25) is 0 Å². The van der Waals surface area contributed by atoms with E-state index in [1.165, 1.54) is 68.7 Å². The SMILES string of the molecule is c1ccc(-c2nc3ccc4c5ccc6c7ccccc7c(N(c7ccccc7)c7cccc(-c8ccccc8-c8ccccc8)c7)cc6c5sc4c3s2)cc1. The lowest BCUT2D eigenvalue weighted by molar-refractivity contribution is 1.30. The zero-order valence-electron chi connectivity index (χ0n) is 29.7. The maximum atomic E-state index is 5.08. The molecule has 55 heavy (non-hydrogen) atoms. The Morgan fingerprint density at radius 2 is 0.909 bits per heavy atom. The van der Waals surface area contributed by atoms with Gasteiger partial charge in [0.1, 0.15) is 5.01 Å². The van der Waals surface area contributed by atoms with Gasteiger partial charge >= 0.3 is 0 Å². The first kappa shape index (κ1) is 31.9. The predicted octanol–water partition coefficient (Wildman–Crippen LogP) is 15.4. The van der Waals surface area contributed by atoms with Crippen LogP contribution in [0.4, 0.5) is 17.1 Å². The minimum absolute atomic E-state index is 1.06. The summed E-state index contributed by atoms with van der Waals surface area (Å²) in [6.45, 7) is 0. The molecule has 0 aliphatic heterocycles. The number of rotatable bonds is 6. The average Bonchev–Trinajstić information content (AvgIpc) is 3.88. The summed E-state index contributed by atoms with van der Waals surface area (Å²) in [4.78, 5) is 7.52. The summed E-state index contributed by atoms with van der Waals surface area (Å²) in [6, 6.07) is 70.2. The average molecular weight is 737 g/mol. The van der Waals surface area contributed by atoms with Crippen molar-refractivity contribution >= 4 is 91.7 Å². The van der Waals surface area contributed by atoms with Gasteiger partial charge in [0, 0.05) is 43.2 Å². The number of thiophene rings is 1. The summed E-state index contributed by atoms with van der Waals surface area (Å²) in [5.74, 6) is 0. The molecule has 0 amide bonds. The molecular formula is C51H32N2S2. The van der Waals surface area contributed by atoms with Crippen LogP contribution in [0.25, 0.3) is 84.8 Å². The van der Waals surface area contributed by atoms with Gasteiger partial charge in [0.25, 0.3) is 0 Å². The number of fused-ring (bicyclic) bond motifs is 9. The zero-order valence-corrected chi connectivity index (χ0v) is 31.3. The second-order valence-electron chi connectivity index (χ2n) is 13.9. The third-order valence-electron chi connectivity index (χ3n) is 10.7. The highest BCUT2D eigenvalue weighted by Gasteiger charge is 2.21. The van der Waals surface area contributed by atoms with E-state index >= 15 is 0 Å². The van der Waals surface area contributed by atoms with Crippen molar-refractivity contribution in [3.8, 4) is 32.8 Å². The summed E-state index contributed by atoms with van der Waals surface area (Å²) in [5.41, 5.74) is 10.4. The first-order chi connectivity index (χ1) is 27.3. The van der Waals surface area contributed by atoms with E-state index in [0.717, 1.165) is 33.1 Å². The minimum atomic E-state index is 1.06. The van der Waals surface area contributed by atoms with Crippen molar-refractivity contribution in [2.24, 2.45) is 0 Å². The van der Waals surface area contributed by atoms with E-state index in [2.05, 4.69) is 199 Å². The van der Waals surface area contributed by atoms with Gasteiger partial charge in [-0.2, -0.15) is 0 Å². The van der Waals surface area contributed by atoms with E-state index in [9.17, 15) is 0 Å². The van der Waals surface area contributed by atoms with Gasteiger partial charge in [-0.25, -0.2) is 4.98 Å². The van der Waals surface area contributed by atoms with Crippen molar-refractivity contribution in [3.63, 3.8) is 0 Å². The van der Waals surface area contributed by atoms with Gasteiger partial charge in [-0.1, -0.05) is 158 Å². The molecule has 258 valence electrons. The summed E-state index contributed by atoms with van der Waals surface area (Å²) in [7, 11) is 0. The summed E-state index contributed by atoms with van der Waals surface area (Å²) in [5, 5.41) is 8.63. The number of nitrogens with zero attached hydrogens (tertiary/aromatic N) is 2. The van der Waals surface area contributed by atoms with E-state index < -0.39 is 0 Å². The highest BCUT2D eigenvalue weighted by Crippen LogP contribution is 2.48. The first-order valence-corrected chi connectivity index (χ1v) is 20.2. The van der Waals surface area contributed by atoms with E-state index in [1.54, 1.807) is 11.3 Å². The molecule has 2 aromatic heterocycles. The third kappa shape index (κ3) is 5.33. The number of benzene rings is 9. The first-order valence-electron chi connectivity index (χ1n) is 18.5. The summed E-state index contributed by atoms with van der Waals surface area (Å²) >= 11 is 3.70. The lowest BCUT2D eigenvalue weighted by Gasteiger charge is -2.28. The van der Waals surface area contributed by atoms with E-state index in [-0.39, 0.29) is 0 Å². The number of aromatic nitrogens is 1. The highest BCUT2D eigenvalue weighted by molar-refractivity contribution is 7.32. The lowest BCUT2D eigenvalue weighted by Crippen LogP contribution is -2.10. The predicted molar refractivity (Wildman–Crippen MR) is 239 cm³/mol. The van der Waals surface area contributed by atoms with Crippen molar-refractivity contribution in [2.45, 2.75) is 0 Å². The van der Waals surface area contributed by atoms with Crippen LogP contribution in [0, 0.1) is 0 Å². The van der Waals surface area contributed by atoms with Crippen LogP contribution in [0.15, 0.2) is 194 Å². The molecule has 0 bridgehead atoms. The number of anilines is 3. The number of para-hydroxylation sites is 1. The van der Waals surface area contributed by atoms with Crippen LogP contribution < -0.4 is 4.90 Å². The maximum Gasteiger partial charge on any atom is 0.124 e. The molecule has 0 radical (unpaired) electrons. The lowest BCUT2D eigenvalue weighted by atomic mass is 9.94. The van der Waals surface area contributed by atoms with E-state index in [1.807, 2.05) is 11.3 Å². The van der Waals surface area contributed by atoms with Crippen LogP contribution in [-0.2, 0) is 0 Å². The molecule has 11 rings (SSSR count). The fourth-order valence-corrected chi connectivity index (χ4v) is 10.7. The van der Waals surface area contributed by atoms with Gasteiger partial charge in [0.05, 0.1) is 20.6 Å². The van der Waals surface area contributed by atoms with Crippen molar-refractivity contribution in [1.29, 1.82) is 0 Å². The molecule has 2 heterocycles. The second kappa shape index (κ2) is 13.1. The highest BCUT2D eigenvalue weighted by atomic mass is 32.1. The zero-order chi connectivity index (χ0) is 36.3. The molecule has 0 spiro atoms. The molecule has 0 unspecified atom stereocenters. The standard InChI is InChI=1S/C51H32N2S2/c1-4-15-33(16-5-1)38-23-10-11-24-39(38)35-19-14-22-37(31-35)53(36-20-8-3-9-21-36)47-32-45-41(40-25-12-13-26-42(40)47)27-28-43-44-29-30-46-50(49(44)54-48(43)45)55-51(52-46)34-17-6-2-7-18-34/h1-32H. The molecule has 0 saturated heterocycles. The van der Waals surface area contributed by atoms with Gasteiger partial charge in [0.15, 0.2) is 0 Å². The second-order valence-corrected chi connectivity index (χ2v) is 15.9. The Kier molecular flexibility index (Phi) is 7.58. The minimum Gasteiger partial charge on any atom is -0.310 e. The number of hydrogen-bond acceptors (Lipinski definition) is 4. The molecular weight excluding hydrogens is 705 g/mol. The summed E-state index contributed by atoms with van der Waals surface area (Å²) < 4.78 is 3.87. The monoisotopic (exact) mass is 736 g/mol. The third-order valence-corrected chi connectivity index (χ3v) is 13.2. The van der Waals surface area contributed by atoms with Crippen molar-refractivity contribution in [3.05, 3.63) is 194 Å². The van der Waals surface area contributed by atoms with E-state index in [0.29, 0.717) is 0 Å². The molecule has 4 heteroatoms. The van der Waals surface area contributed by atoms with Crippen molar-refractivity contribution in [1.82, 2.24) is 4.98 Å². The van der Waals surface area contributed by atoms with Crippen LogP contribution in [0.3, 0.4) is 0 Å². The Morgan fingerprint density at radius 1 is 0.345 bits per heavy atom. The molecule has 2 nitrogen and oxygen atoms in total. The number of hydrogen-bond donors (Lipinski definition) is 0. The topological polar surface area (TPSA) is 16.1 Å². The molecule has 0 saturated carbocycles. The van der Waals surface area contributed by atoms with Crippen LogP contribution in [-0.4, -0.2) is 4.98 Å². The molecule has 0 aliphatic carbocycles. The number of thiazole rings is 1. The Bertz CT molecular complexity index is 3200. The van der Waals surface area contributed by atoms with Gasteiger partial charge < -0.3 is 4.90 Å². The van der Waals surface area contributed by atoms with Crippen LogP contribution >= 0.6 is 22.7 Å². The fraction of sp³-hybridized carbons (Fsp3) is 0. The van der Waals surface area contributed by atoms with Crippen molar-refractivity contribution < 1.29 is 0 Å². The molecule has 0 aliphatic rings. The Balaban J connectivity index is 1.15. The van der Waals surface area contributed by atoms with E-state index in [4.69, 9.17) is 4.98 Å². The van der Waals surface area contributed by atoms with Gasteiger partial charge in [-0.15, -0.1) is 22.7 Å². The Labute approximate surface area is 326 Å². The normalized spacial score (nSPS) is 11.6.